The molecule has 0 aliphatic carbocycles. The molecule has 0 saturated heterocycles. The lowest BCUT2D eigenvalue weighted by Crippen LogP contribution is -2.54. The Labute approximate surface area is 63.0 Å². The minimum absolute atomic E-state index is 2.69. The summed E-state index contributed by atoms with van der Waals surface area (Å²) < 4.78 is 47.8. The molecule has 0 fully saturated rings. The van der Waals surface area contributed by atoms with Gasteiger partial charge in [0, 0.05) is 0 Å². The van der Waals surface area contributed by atoms with Crippen LogP contribution >= 0.6 is 0 Å². The molecule has 12 heavy (non-hydrogen) atoms. The predicted octanol–water partition coefficient (Wildman–Crippen LogP) is -0.173. The summed E-state index contributed by atoms with van der Waals surface area (Å²) in [6.45, 7) is 0. The number of carboxylic acids is 1. The summed E-state index contributed by atoms with van der Waals surface area (Å²) in [5.41, 5.74) is 3.86. The molecule has 0 aromatic carbocycles. The molecule has 0 rings (SSSR count). The third kappa shape index (κ3) is 1.31. The Balaban J connectivity index is 5.01. The molecule has 0 aromatic heterocycles. The highest BCUT2D eigenvalue weighted by Gasteiger charge is 2.66. The fourth-order valence-corrected chi connectivity index (χ4v) is 0.289. The van der Waals surface area contributed by atoms with Crippen molar-refractivity contribution in [1.82, 2.24) is 0 Å². The van der Waals surface area contributed by atoms with Crippen LogP contribution in [0.15, 0.2) is 0 Å². The molecule has 0 saturated carbocycles. The first-order chi connectivity index (χ1) is 5.14. The number of hydrogen-bond donors (Lipinski definition) is 2. The van der Waals surface area contributed by atoms with Gasteiger partial charge < -0.3 is 10.8 Å². The van der Waals surface area contributed by atoms with Gasteiger partial charge in [0.15, 0.2) is 0 Å². The molecule has 0 heterocycles. The van der Waals surface area contributed by atoms with Gasteiger partial charge in [0.25, 0.3) is 5.91 Å². The average Bonchev–Trinajstić information content (AvgIpc) is 1.86. The Morgan fingerprint density at radius 1 is 1.08 bits per heavy atom. The summed E-state index contributed by atoms with van der Waals surface area (Å²) in [5, 5.41) is 7.59. The summed E-state index contributed by atoms with van der Waals surface area (Å²) in [6.07, 6.45) is 0. The first-order valence-corrected chi connectivity index (χ1v) is 2.43. The van der Waals surface area contributed by atoms with E-state index in [9.17, 15) is 27.2 Å². The van der Waals surface area contributed by atoms with Crippen LogP contribution in [0.1, 0.15) is 0 Å². The van der Waals surface area contributed by atoms with Crippen LogP contribution in [-0.4, -0.2) is 28.8 Å². The highest BCUT2D eigenvalue weighted by atomic mass is 19.3. The number of aliphatic carboxylic acids is 1. The third-order valence-electron chi connectivity index (χ3n) is 0.972. The van der Waals surface area contributed by atoms with Crippen LogP contribution in [0.25, 0.3) is 0 Å². The summed E-state index contributed by atoms with van der Waals surface area (Å²) >= 11 is 0. The van der Waals surface area contributed by atoms with Crippen molar-refractivity contribution in [2.24, 2.45) is 5.73 Å². The van der Waals surface area contributed by atoms with Gasteiger partial charge in [-0.3, -0.25) is 4.79 Å². The summed E-state index contributed by atoms with van der Waals surface area (Å²) in [4.78, 5) is 19.2. The molecule has 4 nitrogen and oxygen atoms in total. The van der Waals surface area contributed by atoms with Gasteiger partial charge in [-0.2, -0.15) is 17.6 Å². The van der Waals surface area contributed by atoms with Crippen molar-refractivity contribution in [3.8, 4) is 0 Å². The van der Waals surface area contributed by atoms with Crippen molar-refractivity contribution < 1.29 is 32.3 Å². The third-order valence-corrected chi connectivity index (χ3v) is 0.972. The number of hydrogen-bond acceptors (Lipinski definition) is 2. The second-order valence-corrected chi connectivity index (χ2v) is 1.82. The molecule has 1 amide bonds. The van der Waals surface area contributed by atoms with Gasteiger partial charge in [-0.15, -0.1) is 0 Å². The smallest absolute Gasteiger partial charge is 0.413 e. The number of alkyl halides is 4. The maximum atomic E-state index is 12.0. The number of carbonyl (C=O) groups is 2. The van der Waals surface area contributed by atoms with Crippen LogP contribution in [-0.2, 0) is 9.59 Å². The average molecular weight is 189 g/mol. The molecule has 70 valence electrons. The van der Waals surface area contributed by atoms with Crippen molar-refractivity contribution in [2.75, 3.05) is 0 Å². The number of nitrogens with two attached hydrogens (primary N) is 1. The fraction of sp³-hybridized carbons (Fsp3) is 0.500. The largest absolute Gasteiger partial charge is 0.477 e. The summed E-state index contributed by atoms with van der Waals surface area (Å²) in [6, 6.07) is 0. The number of carbonyl (C=O) groups excluding carboxylic acids is 1. The second-order valence-electron chi connectivity index (χ2n) is 1.82. The minimum atomic E-state index is -5.47. The van der Waals surface area contributed by atoms with E-state index in [2.05, 4.69) is 5.73 Å². The lowest BCUT2D eigenvalue weighted by Gasteiger charge is -2.18. The fourth-order valence-electron chi connectivity index (χ4n) is 0.289. The summed E-state index contributed by atoms with van der Waals surface area (Å²) in [7, 11) is 0. The Hall–Kier alpha value is -1.34. The van der Waals surface area contributed by atoms with Crippen LogP contribution in [0.5, 0.6) is 0 Å². The monoisotopic (exact) mass is 189 g/mol. The molecule has 0 aromatic rings. The zero-order valence-electron chi connectivity index (χ0n) is 5.35. The van der Waals surface area contributed by atoms with Crippen molar-refractivity contribution >= 4 is 11.9 Å². The zero-order chi connectivity index (χ0) is 10.2. The molecule has 0 radical (unpaired) electrons. The zero-order valence-corrected chi connectivity index (χ0v) is 5.35. The maximum absolute atomic E-state index is 12.0. The van der Waals surface area contributed by atoms with E-state index in [-0.39, 0.29) is 0 Å². The molecule has 8 heteroatoms. The lowest BCUT2D eigenvalue weighted by atomic mass is 10.1. The topological polar surface area (TPSA) is 80.4 Å². The predicted molar refractivity (Wildman–Crippen MR) is 26.7 cm³/mol. The van der Waals surface area contributed by atoms with Gasteiger partial charge in [-0.05, 0) is 0 Å². The van der Waals surface area contributed by atoms with Gasteiger partial charge >= 0.3 is 17.8 Å². The van der Waals surface area contributed by atoms with E-state index in [0.717, 1.165) is 0 Å². The molecule has 0 unspecified atom stereocenters. The number of rotatable bonds is 3. The highest BCUT2D eigenvalue weighted by Crippen LogP contribution is 2.33. The van der Waals surface area contributed by atoms with Gasteiger partial charge in [0.1, 0.15) is 0 Å². The van der Waals surface area contributed by atoms with Crippen LogP contribution in [0, 0.1) is 0 Å². The second kappa shape index (κ2) is 2.61. The van der Waals surface area contributed by atoms with Gasteiger partial charge in [-0.25, -0.2) is 4.79 Å². The van der Waals surface area contributed by atoms with E-state index in [4.69, 9.17) is 5.11 Å². The van der Waals surface area contributed by atoms with E-state index in [1.165, 1.54) is 0 Å². The molecule has 0 bridgehead atoms. The first kappa shape index (κ1) is 10.7. The standard InChI is InChI=1S/C4H3F4NO3/c5-3(6,1(9)10)4(7,8)2(11)12/h(H2,9,10)(H,11,12). The van der Waals surface area contributed by atoms with E-state index < -0.39 is 23.7 Å². The van der Waals surface area contributed by atoms with Crippen molar-refractivity contribution in [1.29, 1.82) is 0 Å². The lowest BCUT2D eigenvalue weighted by molar-refractivity contribution is -0.220. The van der Waals surface area contributed by atoms with Gasteiger partial charge in [0.05, 0.1) is 0 Å². The molecule has 3 N–H and O–H groups in total. The highest BCUT2D eigenvalue weighted by molar-refractivity contribution is 5.91. The van der Waals surface area contributed by atoms with E-state index in [1.807, 2.05) is 0 Å². The summed E-state index contributed by atoms with van der Waals surface area (Å²) in [5.74, 6) is -16.6. The van der Waals surface area contributed by atoms with Gasteiger partial charge in [0.2, 0.25) is 0 Å². The van der Waals surface area contributed by atoms with Crippen LogP contribution in [0.4, 0.5) is 17.6 Å². The van der Waals surface area contributed by atoms with E-state index in [0.29, 0.717) is 0 Å². The van der Waals surface area contributed by atoms with Crippen LogP contribution < -0.4 is 5.73 Å². The number of halogens is 4. The van der Waals surface area contributed by atoms with E-state index in [1.54, 1.807) is 0 Å². The maximum Gasteiger partial charge on any atom is 0.413 e. The molecule has 0 atom stereocenters. The van der Waals surface area contributed by atoms with E-state index >= 15 is 0 Å². The Bertz CT molecular complexity index is 202. The van der Waals surface area contributed by atoms with Gasteiger partial charge in [-0.1, -0.05) is 0 Å². The normalized spacial score (nSPS) is 12.7. The van der Waals surface area contributed by atoms with Crippen LogP contribution in [0.3, 0.4) is 0 Å². The van der Waals surface area contributed by atoms with Crippen molar-refractivity contribution in [3.05, 3.63) is 0 Å². The SMILES string of the molecule is NC(=O)C(F)(F)C(F)(F)C(=O)O. The Morgan fingerprint density at radius 2 is 1.42 bits per heavy atom. The quantitative estimate of drug-likeness (QED) is 0.604. The van der Waals surface area contributed by atoms with Crippen LogP contribution in [0.2, 0.25) is 0 Å². The molecule has 0 aliphatic rings. The molecular weight excluding hydrogens is 186 g/mol. The number of primary amides is 1. The Morgan fingerprint density at radius 3 is 1.50 bits per heavy atom. The Kier molecular flexibility index (Phi) is 2.32. The minimum Gasteiger partial charge on any atom is -0.477 e. The van der Waals surface area contributed by atoms with Crippen molar-refractivity contribution in [2.45, 2.75) is 11.8 Å². The number of amides is 1. The van der Waals surface area contributed by atoms with Crippen molar-refractivity contribution in [3.63, 3.8) is 0 Å². The number of carboxylic acid groups (broad SMARTS) is 1. The molecular formula is C4H3F4NO3. The first-order valence-electron chi connectivity index (χ1n) is 2.43. The molecule has 0 spiro atoms. The molecule has 0 aliphatic heterocycles.